The maximum Gasteiger partial charge on any atom is 0.341 e. The van der Waals surface area contributed by atoms with E-state index < -0.39 is 11.5 Å². The molecule has 6 heteroatoms. The van der Waals surface area contributed by atoms with Crippen LogP contribution in [0.15, 0.2) is 46.2 Å². The lowest BCUT2D eigenvalue weighted by Crippen LogP contribution is -2.16. The molecule has 0 saturated heterocycles. The number of aromatic amines is 1. The average molecular weight is 310 g/mol. The Kier molecular flexibility index (Phi) is 4.87. The number of hydrogen-bond donors (Lipinski definition) is 2. The molecule has 0 aliphatic heterocycles. The summed E-state index contributed by atoms with van der Waals surface area (Å²) in [5.74, 6) is -0.432. The highest BCUT2D eigenvalue weighted by atomic mass is 35.5. The van der Waals surface area contributed by atoms with Crippen molar-refractivity contribution in [3.8, 4) is 0 Å². The first-order valence-electron chi connectivity index (χ1n) is 5.89. The van der Waals surface area contributed by atoms with E-state index in [1.807, 2.05) is 24.3 Å². The van der Waals surface area contributed by atoms with Crippen molar-refractivity contribution in [2.45, 2.75) is 11.3 Å². The van der Waals surface area contributed by atoms with Crippen LogP contribution < -0.4 is 5.56 Å². The molecule has 2 rings (SSSR count). The second-order valence-electron chi connectivity index (χ2n) is 4.11. The van der Waals surface area contributed by atoms with Crippen LogP contribution in [0.25, 0.3) is 0 Å². The van der Waals surface area contributed by atoms with Crippen LogP contribution in [-0.4, -0.2) is 21.8 Å². The molecule has 0 spiro atoms. The monoisotopic (exact) mass is 309 g/mol. The number of halogens is 1. The van der Waals surface area contributed by atoms with Crippen molar-refractivity contribution in [1.29, 1.82) is 0 Å². The quantitative estimate of drug-likeness (QED) is 0.833. The van der Waals surface area contributed by atoms with E-state index in [1.54, 1.807) is 0 Å². The molecule has 1 heterocycles. The number of carbonyl (C=O) groups is 1. The molecule has 0 amide bonds. The van der Waals surface area contributed by atoms with Crippen molar-refractivity contribution in [2.75, 3.05) is 5.75 Å². The third kappa shape index (κ3) is 3.88. The number of H-pyrrole nitrogens is 1. The highest BCUT2D eigenvalue weighted by molar-refractivity contribution is 7.99. The molecule has 20 heavy (non-hydrogen) atoms. The molecule has 0 fully saturated rings. The Morgan fingerprint density at radius 1 is 1.30 bits per heavy atom. The summed E-state index contributed by atoms with van der Waals surface area (Å²) in [6.45, 7) is 0. The van der Waals surface area contributed by atoms with Crippen molar-refractivity contribution in [3.05, 3.63) is 63.0 Å². The second-order valence-corrected chi connectivity index (χ2v) is 5.71. The fourth-order valence-corrected chi connectivity index (χ4v) is 2.69. The third-order valence-corrected chi connectivity index (χ3v) is 3.91. The maximum atomic E-state index is 11.3. The Bertz CT molecular complexity index is 667. The predicted octanol–water partition coefficient (Wildman–Crippen LogP) is 3.06. The summed E-state index contributed by atoms with van der Waals surface area (Å²) >= 11 is 7.30. The first-order chi connectivity index (χ1) is 9.56. The Morgan fingerprint density at radius 3 is 2.65 bits per heavy atom. The zero-order valence-corrected chi connectivity index (χ0v) is 12.0. The molecule has 0 bridgehead atoms. The van der Waals surface area contributed by atoms with Gasteiger partial charge in [-0.2, -0.15) is 0 Å². The van der Waals surface area contributed by atoms with Gasteiger partial charge in [0.1, 0.15) is 5.56 Å². The summed E-state index contributed by atoms with van der Waals surface area (Å²) in [7, 11) is 0. The number of carboxylic acids is 1. The fraction of sp³-hybridized carbons (Fsp3) is 0.143. The van der Waals surface area contributed by atoms with E-state index in [4.69, 9.17) is 16.7 Å². The summed E-state index contributed by atoms with van der Waals surface area (Å²) in [6, 6.07) is 8.98. The molecule has 104 valence electrons. The summed E-state index contributed by atoms with van der Waals surface area (Å²) in [4.78, 5) is 25.3. The van der Waals surface area contributed by atoms with Crippen LogP contribution in [0.2, 0.25) is 5.02 Å². The Hall–Kier alpha value is -1.72. The lowest BCUT2D eigenvalue weighted by atomic mass is 10.2. The number of benzene rings is 1. The number of thioether (sulfide) groups is 1. The smallest absolute Gasteiger partial charge is 0.341 e. The van der Waals surface area contributed by atoms with Crippen molar-refractivity contribution < 1.29 is 9.90 Å². The van der Waals surface area contributed by atoms with Crippen molar-refractivity contribution in [2.24, 2.45) is 0 Å². The standard InChI is InChI=1S/C14H12ClNO3S/c15-10-3-1-9(2-4-10)5-6-20-11-7-12(14(18)19)13(17)16-8-11/h1-4,7-8H,5-6H2,(H,16,17)(H,18,19). The van der Waals surface area contributed by atoms with E-state index in [0.29, 0.717) is 5.02 Å². The van der Waals surface area contributed by atoms with Crippen molar-refractivity contribution >= 4 is 29.3 Å². The Balaban J connectivity index is 1.97. The average Bonchev–Trinajstić information content (AvgIpc) is 2.42. The molecule has 0 radical (unpaired) electrons. The van der Waals surface area contributed by atoms with Gasteiger partial charge >= 0.3 is 5.97 Å². The van der Waals surface area contributed by atoms with E-state index in [1.165, 1.54) is 24.0 Å². The minimum absolute atomic E-state index is 0.235. The lowest BCUT2D eigenvalue weighted by molar-refractivity contribution is 0.0694. The highest BCUT2D eigenvalue weighted by Crippen LogP contribution is 2.19. The second kappa shape index (κ2) is 6.63. The van der Waals surface area contributed by atoms with Crippen LogP contribution in [0, 0.1) is 0 Å². The molecule has 2 N–H and O–H groups in total. The largest absolute Gasteiger partial charge is 0.477 e. The molecule has 2 aromatic rings. The molecule has 0 aliphatic carbocycles. The first-order valence-corrected chi connectivity index (χ1v) is 7.26. The van der Waals surface area contributed by atoms with Gasteiger partial charge in [-0.3, -0.25) is 4.79 Å². The SMILES string of the molecule is O=C(O)c1cc(SCCc2ccc(Cl)cc2)c[nH]c1=O. The minimum atomic E-state index is -1.22. The first kappa shape index (κ1) is 14.7. The van der Waals surface area contributed by atoms with Gasteiger partial charge in [-0.25, -0.2) is 4.79 Å². The lowest BCUT2D eigenvalue weighted by Gasteiger charge is -2.03. The van der Waals surface area contributed by atoms with Crippen LogP contribution in [0.4, 0.5) is 0 Å². The van der Waals surface area contributed by atoms with Gasteiger partial charge in [0.05, 0.1) is 0 Å². The van der Waals surface area contributed by atoms with Crippen LogP contribution in [0.3, 0.4) is 0 Å². The van der Waals surface area contributed by atoms with Crippen LogP contribution in [0.1, 0.15) is 15.9 Å². The summed E-state index contributed by atoms with van der Waals surface area (Å²) < 4.78 is 0. The number of rotatable bonds is 5. The van der Waals surface area contributed by atoms with Gasteiger partial charge in [-0.1, -0.05) is 23.7 Å². The van der Waals surface area contributed by atoms with Crippen molar-refractivity contribution in [1.82, 2.24) is 4.98 Å². The van der Waals surface area contributed by atoms with E-state index in [0.717, 1.165) is 22.6 Å². The maximum absolute atomic E-state index is 11.3. The predicted molar refractivity (Wildman–Crippen MR) is 79.9 cm³/mol. The zero-order chi connectivity index (χ0) is 14.5. The van der Waals surface area contributed by atoms with Gasteiger partial charge in [0, 0.05) is 21.9 Å². The highest BCUT2D eigenvalue weighted by Gasteiger charge is 2.09. The fourth-order valence-electron chi connectivity index (χ4n) is 1.64. The molecular formula is C14H12ClNO3S. The molecule has 4 nitrogen and oxygen atoms in total. The van der Waals surface area contributed by atoms with E-state index in [2.05, 4.69) is 4.98 Å². The molecule has 0 unspecified atom stereocenters. The van der Waals surface area contributed by atoms with Gasteiger partial charge in [-0.15, -0.1) is 11.8 Å². The molecule has 0 atom stereocenters. The van der Waals surface area contributed by atoms with E-state index in [-0.39, 0.29) is 5.56 Å². The Morgan fingerprint density at radius 2 is 2.00 bits per heavy atom. The van der Waals surface area contributed by atoms with Gasteiger partial charge in [0.2, 0.25) is 0 Å². The molecular weight excluding hydrogens is 298 g/mol. The summed E-state index contributed by atoms with van der Waals surface area (Å²) in [5, 5.41) is 9.58. The summed E-state index contributed by atoms with van der Waals surface area (Å²) in [6.07, 6.45) is 2.37. The topological polar surface area (TPSA) is 70.2 Å². The molecule has 1 aromatic carbocycles. The number of aryl methyl sites for hydroxylation is 1. The number of aromatic carboxylic acids is 1. The van der Waals surface area contributed by atoms with E-state index in [9.17, 15) is 9.59 Å². The van der Waals surface area contributed by atoms with E-state index >= 15 is 0 Å². The van der Waals surface area contributed by atoms with Crippen molar-refractivity contribution in [3.63, 3.8) is 0 Å². The number of hydrogen-bond acceptors (Lipinski definition) is 3. The molecule has 0 aliphatic rings. The van der Waals surface area contributed by atoms with Gasteiger partial charge in [0.25, 0.3) is 5.56 Å². The van der Waals surface area contributed by atoms with Crippen LogP contribution in [0.5, 0.6) is 0 Å². The zero-order valence-electron chi connectivity index (χ0n) is 10.4. The number of pyridine rings is 1. The van der Waals surface area contributed by atoms with Gasteiger partial charge in [0.15, 0.2) is 0 Å². The number of carboxylic acid groups (broad SMARTS) is 1. The Labute approximate surface area is 124 Å². The minimum Gasteiger partial charge on any atom is -0.477 e. The van der Waals surface area contributed by atoms with Gasteiger partial charge in [-0.05, 0) is 30.2 Å². The van der Waals surface area contributed by atoms with Crippen LogP contribution >= 0.6 is 23.4 Å². The number of nitrogens with one attached hydrogen (secondary N) is 1. The molecule has 0 saturated carbocycles. The molecule has 1 aromatic heterocycles. The third-order valence-electron chi connectivity index (χ3n) is 2.68. The normalized spacial score (nSPS) is 10.4. The number of aromatic nitrogens is 1. The van der Waals surface area contributed by atoms with Crippen LogP contribution in [-0.2, 0) is 6.42 Å². The van der Waals surface area contributed by atoms with Gasteiger partial charge < -0.3 is 10.1 Å². The summed E-state index contributed by atoms with van der Waals surface area (Å²) in [5.41, 5.74) is 0.339.